The molecule has 4 nitrogen and oxygen atoms in total. The Morgan fingerprint density at radius 3 is 2.81 bits per heavy atom. The number of benzene rings is 1. The lowest BCUT2D eigenvalue weighted by Gasteiger charge is -2.15. The summed E-state index contributed by atoms with van der Waals surface area (Å²) in [4.78, 5) is 16.1. The lowest BCUT2D eigenvalue weighted by molar-refractivity contribution is -0.117. The fraction of sp³-hybridized carbons (Fsp3) is 0.250. The van der Waals surface area contributed by atoms with E-state index in [9.17, 15) is 9.90 Å². The Labute approximate surface area is 128 Å². The smallest absolute Gasteiger partial charge is 0.244 e. The van der Waals surface area contributed by atoms with Crippen molar-refractivity contribution in [1.29, 1.82) is 0 Å². The number of aliphatic hydroxyl groups is 1. The largest absolute Gasteiger partial charge is 0.394 e. The Morgan fingerprint density at radius 2 is 2.19 bits per heavy atom. The zero-order valence-electron chi connectivity index (χ0n) is 11.8. The number of aryl methyl sites for hydroxylation is 1. The zero-order chi connectivity index (χ0) is 15.1. The van der Waals surface area contributed by atoms with Crippen LogP contribution < -0.4 is 5.32 Å². The van der Waals surface area contributed by atoms with E-state index in [1.165, 1.54) is 6.08 Å². The van der Waals surface area contributed by atoms with Crippen LogP contribution >= 0.6 is 11.3 Å². The summed E-state index contributed by atoms with van der Waals surface area (Å²) < 4.78 is 0. The summed E-state index contributed by atoms with van der Waals surface area (Å²) in [6, 6.07) is 9.48. The molecular formula is C16H18N2O2S. The van der Waals surface area contributed by atoms with Crippen molar-refractivity contribution in [2.75, 3.05) is 6.61 Å². The van der Waals surface area contributed by atoms with Crippen molar-refractivity contribution < 1.29 is 9.90 Å². The number of aliphatic hydroxyl groups excluding tert-OH is 1. The van der Waals surface area contributed by atoms with E-state index >= 15 is 0 Å². The van der Waals surface area contributed by atoms with E-state index in [2.05, 4.69) is 10.3 Å². The van der Waals surface area contributed by atoms with Crippen LogP contribution in [-0.4, -0.2) is 28.6 Å². The third-order valence-corrected chi connectivity index (χ3v) is 3.73. The molecule has 5 heteroatoms. The molecule has 0 saturated carbocycles. The first-order valence-electron chi connectivity index (χ1n) is 6.73. The van der Waals surface area contributed by atoms with Crippen molar-refractivity contribution in [3.63, 3.8) is 0 Å². The zero-order valence-corrected chi connectivity index (χ0v) is 12.6. The summed E-state index contributed by atoms with van der Waals surface area (Å²) in [7, 11) is 0. The van der Waals surface area contributed by atoms with Crippen LogP contribution in [0.25, 0.3) is 6.08 Å². The molecule has 1 amide bonds. The minimum absolute atomic E-state index is 0.0930. The highest BCUT2D eigenvalue weighted by Gasteiger charge is 2.10. The van der Waals surface area contributed by atoms with E-state index in [1.807, 2.05) is 42.6 Å². The van der Waals surface area contributed by atoms with Crippen molar-refractivity contribution >= 4 is 23.3 Å². The first-order valence-corrected chi connectivity index (χ1v) is 7.61. The van der Waals surface area contributed by atoms with E-state index < -0.39 is 0 Å². The van der Waals surface area contributed by atoms with Gasteiger partial charge in [0, 0.05) is 11.5 Å². The highest BCUT2D eigenvalue weighted by molar-refractivity contribution is 7.09. The van der Waals surface area contributed by atoms with Crippen LogP contribution in [0, 0.1) is 6.92 Å². The number of aromatic nitrogens is 1. The van der Waals surface area contributed by atoms with Gasteiger partial charge in [0.15, 0.2) is 0 Å². The molecule has 110 valence electrons. The van der Waals surface area contributed by atoms with E-state index in [1.54, 1.807) is 17.4 Å². The average Bonchev–Trinajstić information content (AvgIpc) is 2.91. The summed E-state index contributed by atoms with van der Waals surface area (Å²) in [6.07, 6.45) is 3.73. The van der Waals surface area contributed by atoms with Crippen LogP contribution in [0.4, 0.5) is 0 Å². The Bertz CT molecular complexity index is 608. The van der Waals surface area contributed by atoms with Crippen molar-refractivity contribution in [2.45, 2.75) is 19.4 Å². The maximum atomic E-state index is 11.8. The predicted octanol–water partition coefficient (Wildman–Crippen LogP) is 2.18. The topological polar surface area (TPSA) is 62.2 Å². The van der Waals surface area contributed by atoms with Gasteiger partial charge in [0.25, 0.3) is 0 Å². The maximum Gasteiger partial charge on any atom is 0.244 e. The van der Waals surface area contributed by atoms with Crippen LogP contribution in [0.3, 0.4) is 0 Å². The number of hydrogen-bond donors (Lipinski definition) is 2. The van der Waals surface area contributed by atoms with Gasteiger partial charge in [-0.2, -0.15) is 0 Å². The highest BCUT2D eigenvalue weighted by Crippen LogP contribution is 2.09. The summed E-state index contributed by atoms with van der Waals surface area (Å²) in [5, 5.41) is 15.0. The van der Waals surface area contributed by atoms with E-state index in [4.69, 9.17) is 0 Å². The molecule has 0 aliphatic heterocycles. The minimum atomic E-state index is -0.290. The van der Waals surface area contributed by atoms with Gasteiger partial charge < -0.3 is 10.4 Å². The minimum Gasteiger partial charge on any atom is -0.394 e. The maximum absolute atomic E-state index is 11.8. The van der Waals surface area contributed by atoms with Crippen molar-refractivity contribution in [3.8, 4) is 0 Å². The van der Waals surface area contributed by atoms with Crippen LogP contribution in [-0.2, 0) is 11.2 Å². The van der Waals surface area contributed by atoms with E-state index in [0.717, 1.165) is 16.3 Å². The van der Waals surface area contributed by atoms with E-state index in [-0.39, 0.29) is 18.6 Å². The molecule has 2 rings (SSSR count). The Kier molecular flexibility index (Phi) is 5.66. The molecule has 1 unspecified atom stereocenters. The highest BCUT2D eigenvalue weighted by atomic mass is 32.1. The second-order valence-corrected chi connectivity index (χ2v) is 5.76. The molecule has 0 bridgehead atoms. The third-order valence-electron chi connectivity index (χ3n) is 2.93. The van der Waals surface area contributed by atoms with Crippen molar-refractivity contribution in [2.24, 2.45) is 0 Å². The van der Waals surface area contributed by atoms with Gasteiger partial charge in [-0.3, -0.25) is 4.79 Å². The van der Waals surface area contributed by atoms with Gasteiger partial charge in [-0.25, -0.2) is 4.98 Å². The van der Waals surface area contributed by atoms with Gasteiger partial charge in [0.05, 0.1) is 23.4 Å². The fourth-order valence-electron chi connectivity index (χ4n) is 1.93. The molecule has 1 aromatic carbocycles. The quantitative estimate of drug-likeness (QED) is 0.804. The molecule has 0 fully saturated rings. The lowest BCUT2D eigenvalue weighted by atomic mass is 10.1. The fourth-order valence-corrected chi connectivity index (χ4v) is 2.51. The standard InChI is InChI=1S/C16H18N2O2S/c1-12-17-14(11-21-12)7-8-16(20)18-15(10-19)9-13-5-3-2-4-6-13/h2-8,11,15,19H,9-10H2,1H3,(H,18,20). The van der Waals surface area contributed by atoms with E-state index in [0.29, 0.717) is 6.42 Å². The second-order valence-electron chi connectivity index (χ2n) is 4.70. The molecule has 21 heavy (non-hydrogen) atoms. The third kappa shape index (κ3) is 5.13. The summed E-state index contributed by atoms with van der Waals surface area (Å²) in [6.45, 7) is 1.83. The molecule has 0 radical (unpaired) electrons. The molecule has 2 aromatic rings. The Morgan fingerprint density at radius 1 is 1.43 bits per heavy atom. The van der Waals surface area contributed by atoms with Crippen LogP contribution in [0.1, 0.15) is 16.3 Å². The van der Waals surface area contributed by atoms with Crippen LogP contribution in [0.5, 0.6) is 0 Å². The molecule has 0 aliphatic carbocycles. The van der Waals surface area contributed by atoms with Crippen LogP contribution in [0.15, 0.2) is 41.8 Å². The van der Waals surface area contributed by atoms with Crippen molar-refractivity contribution in [1.82, 2.24) is 10.3 Å². The number of rotatable bonds is 6. The van der Waals surface area contributed by atoms with Gasteiger partial charge in [0.2, 0.25) is 5.91 Å². The number of nitrogens with zero attached hydrogens (tertiary/aromatic N) is 1. The van der Waals surface area contributed by atoms with Gasteiger partial charge >= 0.3 is 0 Å². The van der Waals surface area contributed by atoms with Gasteiger partial charge in [-0.15, -0.1) is 11.3 Å². The normalized spacial score (nSPS) is 12.5. The first kappa shape index (κ1) is 15.4. The first-order chi connectivity index (χ1) is 10.2. The summed E-state index contributed by atoms with van der Waals surface area (Å²) in [5.41, 5.74) is 1.85. The Hall–Kier alpha value is -1.98. The summed E-state index contributed by atoms with van der Waals surface area (Å²) in [5.74, 6) is -0.226. The van der Waals surface area contributed by atoms with Crippen molar-refractivity contribution in [3.05, 3.63) is 58.1 Å². The summed E-state index contributed by atoms with van der Waals surface area (Å²) >= 11 is 1.54. The molecule has 0 saturated heterocycles. The molecule has 0 spiro atoms. The molecule has 2 N–H and O–H groups in total. The molecule has 0 aliphatic rings. The number of thiazole rings is 1. The number of amides is 1. The lowest BCUT2D eigenvalue weighted by Crippen LogP contribution is -2.38. The molecule has 1 atom stereocenters. The van der Waals surface area contributed by atoms with Crippen LogP contribution in [0.2, 0.25) is 0 Å². The monoisotopic (exact) mass is 302 g/mol. The van der Waals surface area contributed by atoms with Gasteiger partial charge in [-0.1, -0.05) is 30.3 Å². The SMILES string of the molecule is Cc1nc(C=CC(=O)NC(CO)Cc2ccccc2)cs1. The van der Waals surface area contributed by atoms with Gasteiger partial charge in [-0.05, 0) is 25.0 Å². The number of carbonyl (C=O) groups is 1. The Balaban J connectivity index is 1.89. The molecular weight excluding hydrogens is 284 g/mol. The molecule has 1 heterocycles. The second kappa shape index (κ2) is 7.71. The number of nitrogens with one attached hydrogen (secondary N) is 1. The average molecular weight is 302 g/mol. The number of hydrogen-bond acceptors (Lipinski definition) is 4. The molecule has 1 aromatic heterocycles. The number of carbonyl (C=O) groups excluding carboxylic acids is 1. The van der Waals surface area contributed by atoms with Gasteiger partial charge in [0.1, 0.15) is 0 Å². The predicted molar refractivity (Wildman–Crippen MR) is 85.0 cm³/mol.